The summed E-state index contributed by atoms with van der Waals surface area (Å²) in [6, 6.07) is 12.2. The zero-order chi connectivity index (χ0) is 25.2. The molecule has 0 radical (unpaired) electrons. The van der Waals surface area contributed by atoms with Gasteiger partial charge in [-0.2, -0.15) is 5.26 Å². The molecule has 2 saturated carbocycles. The Kier molecular flexibility index (Phi) is 7.32. The van der Waals surface area contributed by atoms with Gasteiger partial charge in [-0.1, -0.05) is 20.8 Å². The zero-order valence-electron chi connectivity index (χ0n) is 20.7. The van der Waals surface area contributed by atoms with Crippen molar-refractivity contribution in [1.29, 1.82) is 5.26 Å². The molecule has 2 amide bonds. The Bertz CT molecular complexity index is 1070. The van der Waals surface area contributed by atoms with E-state index in [4.69, 9.17) is 9.68 Å². The Morgan fingerprint density at radius 1 is 1.23 bits per heavy atom. The molecule has 4 rings (SSSR count). The van der Waals surface area contributed by atoms with E-state index in [2.05, 4.69) is 30.6 Å². The van der Waals surface area contributed by atoms with E-state index >= 15 is 0 Å². The molecule has 1 aromatic carbocycles. The lowest BCUT2D eigenvalue weighted by molar-refractivity contribution is -0.142. The molecule has 3 N–H and O–H groups in total. The number of rotatable bonds is 6. The van der Waals surface area contributed by atoms with E-state index in [-0.39, 0.29) is 46.9 Å². The lowest BCUT2D eigenvalue weighted by atomic mass is 9.51. The minimum atomic E-state index is -0.622. The number of fused-ring (bicyclic) bond motifs is 1. The summed E-state index contributed by atoms with van der Waals surface area (Å²) in [6.07, 6.45) is 4.49. The number of nitriles is 1. The first-order chi connectivity index (χ1) is 16.7. The van der Waals surface area contributed by atoms with E-state index in [1.807, 2.05) is 13.0 Å². The van der Waals surface area contributed by atoms with E-state index in [9.17, 15) is 14.7 Å². The highest BCUT2D eigenvalue weighted by atomic mass is 16.3. The SMILES string of the molecule is CC(C(=O)NCc1ccco1)C1CCC2(C)CCC(NC(=O)c3ccc(C#N)cc3)C(C)C2C1O. The highest BCUT2D eigenvalue weighted by molar-refractivity contribution is 5.94. The largest absolute Gasteiger partial charge is 0.467 e. The van der Waals surface area contributed by atoms with Crippen LogP contribution >= 0.6 is 0 Å². The van der Waals surface area contributed by atoms with Crippen LogP contribution < -0.4 is 10.6 Å². The smallest absolute Gasteiger partial charge is 0.251 e. The molecular weight excluding hydrogens is 442 g/mol. The van der Waals surface area contributed by atoms with Crippen molar-refractivity contribution in [3.8, 4) is 6.07 Å². The average Bonchev–Trinajstić information content (AvgIpc) is 3.38. The van der Waals surface area contributed by atoms with Crippen LogP contribution in [0.2, 0.25) is 0 Å². The highest BCUT2D eigenvalue weighted by Gasteiger charge is 2.53. The minimum absolute atomic E-state index is 0.0124. The lowest BCUT2D eigenvalue weighted by Gasteiger charge is -2.56. The third-order valence-electron chi connectivity index (χ3n) is 8.55. The van der Waals surface area contributed by atoms with Crippen molar-refractivity contribution in [1.82, 2.24) is 10.6 Å². The van der Waals surface area contributed by atoms with Gasteiger partial charge in [0, 0.05) is 17.5 Å². The Hall–Kier alpha value is -3.11. The molecule has 7 heteroatoms. The third kappa shape index (κ3) is 5.13. The van der Waals surface area contributed by atoms with E-state index in [1.165, 1.54) is 0 Å². The molecule has 7 unspecified atom stereocenters. The Morgan fingerprint density at radius 2 is 1.94 bits per heavy atom. The van der Waals surface area contributed by atoms with Crippen LogP contribution in [-0.4, -0.2) is 29.1 Å². The predicted molar refractivity (Wildman–Crippen MR) is 131 cm³/mol. The summed E-state index contributed by atoms with van der Waals surface area (Å²) in [5, 5.41) is 26.7. The summed E-state index contributed by atoms with van der Waals surface area (Å²) in [4.78, 5) is 25.8. The van der Waals surface area contributed by atoms with Crippen molar-refractivity contribution in [2.24, 2.45) is 29.1 Å². The molecule has 7 nitrogen and oxygen atoms in total. The summed E-state index contributed by atoms with van der Waals surface area (Å²) < 4.78 is 5.30. The molecule has 1 aromatic heterocycles. The quantitative estimate of drug-likeness (QED) is 0.581. The number of carbonyl (C=O) groups is 2. The van der Waals surface area contributed by atoms with Crippen LogP contribution in [0.3, 0.4) is 0 Å². The first-order valence-electron chi connectivity index (χ1n) is 12.5. The zero-order valence-corrected chi connectivity index (χ0v) is 20.7. The second kappa shape index (κ2) is 10.2. The predicted octanol–water partition coefficient (Wildman–Crippen LogP) is 4.03. The van der Waals surface area contributed by atoms with Gasteiger partial charge in [-0.15, -0.1) is 0 Å². The van der Waals surface area contributed by atoms with Crippen LogP contribution in [0.4, 0.5) is 0 Å². The van der Waals surface area contributed by atoms with Gasteiger partial charge in [-0.05, 0) is 85.3 Å². The Labute approximate surface area is 206 Å². The van der Waals surface area contributed by atoms with Crippen molar-refractivity contribution in [3.63, 3.8) is 0 Å². The Morgan fingerprint density at radius 3 is 2.60 bits per heavy atom. The van der Waals surface area contributed by atoms with Gasteiger partial charge in [0.05, 0.1) is 30.5 Å². The molecule has 2 aromatic rings. The van der Waals surface area contributed by atoms with E-state index < -0.39 is 6.10 Å². The number of hydrogen-bond acceptors (Lipinski definition) is 5. The van der Waals surface area contributed by atoms with Crippen molar-refractivity contribution in [2.75, 3.05) is 0 Å². The molecule has 7 atom stereocenters. The molecule has 0 saturated heterocycles. The molecule has 2 aliphatic rings. The molecule has 35 heavy (non-hydrogen) atoms. The number of aliphatic hydroxyl groups is 1. The van der Waals surface area contributed by atoms with Crippen LogP contribution in [0, 0.1) is 40.4 Å². The second-order valence-corrected chi connectivity index (χ2v) is 10.6. The molecule has 1 heterocycles. The van der Waals surface area contributed by atoms with Crippen LogP contribution in [0.25, 0.3) is 0 Å². The highest BCUT2D eigenvalue weighted by Crippen LogP contribution is 2.55. The van der Waals surface area contributed by atoms with Crippen LogP contribution in [0.15, 0.2) is 47.1 Å². The van der Waals surface area contributed by atoms with Gasteiger partial charge in [0.25, 0.3) is 5.91 Å². The molecule has 2 aliphatic carbocycles. The van der Waals surface area contributed by atoms with Crippen molar-refractivity contribution in [3.05, 3.63) is 59.5 Å². The van der Waals surface area contributed by atoms with E-state index in [0.717, 1.165) is 25.7 Å². The van der Waals surface area contributed by atoms with E-state index in [1.54, 1.807) is 36.6 Å². The fourth-order valence-electron chi connectivity index (χ4n) is 6.39. The van der Waals surface area contributed by atoms with Gasteiger partial charge in [-0.25, -0.2) is 0 Å². The van der Waals surface area contributed by atoms with E-state index in [0.29, 0.717) is 23.4 Å². The fraction of sp³-hybridized carbons (Fsp3) is 0.536. The van der Waals surface area contributed by atoms with Gasteiger partial charge in [0.2, 0.25) is 5.91 Å². The molecule has 186 valence electrons. The summed E-state index contributed by atoms with van der Waals surface area (Å²) >= 11 is 0. The maximum absolute atomic E-state index is 12.9. The Balaban J connectivity index is 1.42. The summed E-state index contributed by atoms with van der Waals surface area (Å²) in [7, 11) is 0. The maximum Gasteiger partial charge on any atom is 0.251 e. The number of benzene rings is 1. The number of amides is 2. The minimum Gasteiger partial charge on any atom is -0.467 e. The number of hydrogen-bond donors (Lipinski definition) is 3. The van der Waals surface area contributed by atoms with Gasteiger partial charge >= 0.3 is 0 Å². The molecule has 0 aliphatic heterocycles. The van der Waals surface area contributed by atoms with Gasteiger partial charge in [0.15, 0.2) is 0 Å². The van der Waals surface area contributed by atoms with Crippen LogP contribution in [0.5, 0.6) is 0 Å². The fourth-order valence-corrected chi connectivity index (χ4v) is 6.39. The molecule has 2 fully saturated rings. The average molecular weight is 478 g/mol. The van der Waals surface area contributed by atoms with Crippen LogP contribution in [-0.2, 0) is 11.3 Å². The van der Waals surface area contributed by atoms with Crippen molar-refractivity contribution < 1.29 is 19.1 Å². The standard InChI is InChI=1S/C28H35N3O4/c1-17(26(33)30-16-21-5-4-14-35-21)22-10-12-28(3)13-11-23(18(2)24(28)25(22)32)31-27(34)20-8-6-19(15-29)7-9-20/h4-9,14,17-18,22-25,32H,10-13,16H2,1-3H3,(H,30,33)(H,31,34). The summed E-state index contributed by atoms with van der Waals surface area (Å²) in [6.45, 7) is 6.58. The third-order valence-corrected chi connectivity index (χ3v) is 8.55. The number of nitrogens with zero attached hydrogens (tertiary/aromatic N) is 1. The number of aliphatic hydroxyl groups excluding tert-OH is 1. The monoisotopic (exact) mass is 477 g/mol. The number of furan rings is 1. The van der Waals surface area contributed by atoms with Gasteiger partial charge in [-0.3, -0.25) is 9.59 Å². The number of carbonyl (C=O) groups excluding carboxylic acids is 2. The second-order valence-electron chi connectivity index (χ2n) is 10.6. The molecule has 0 bridgehead atoms. The van der Waals surface area contributed by atoms with Gasteiger partial charge < -0.3 is 20.2 Å². The summed E-state index contributed by atoms with van der Waals surface area (Å²) in [5.41, 5.74) is 1.02. The van der Waals surface area contributed by atoms with Crippen LogP contribution in [0.1, 0.15) is 68.1 Å². The molecule has 0 spiro atoms. The summed E-state index contributed by atoms with van der Waals surface area (Å²) in [5.74, 6) is 0.0361. The van der Waals surface area contributed by atoms with Gasteiger partial charge in [0.1, 0.15) is 5.76 Å². The topological polar surface area (TPSA) is 115 Å². The first-order valence-corrected chi connectivity index (χ1v) is 12.5. The number of nitrogens with one attached hydrogen (secondary N) is 2. The molecular formula is C28H35N3O4. The first kappa shape index (κ1) is 25.0. The normalized spacial score (nSPS) is 31.0. The van der Waals surface area contributed by atoms with Crippen molar-refractivity contribution in [2.45, 2.75) is 65.1 Å². The maximum atomic E-state index is 12.9. The lowest BCUT2D eigenvalue weighted by Crippen LogP contribution is -2.58. The van der Waals surface area contributed by atoms with Crippen molar-refractivity contribution >= 4 is 11.8 Å².